The van der Waals surface area contributed by atoms with Crippen LogP contribution in [0, 0.1) is 0 Å². The van der Waals surface area contributed by atoms with E-state index in [1.165, 1.54) is 6.08 Å². The second-order valence-corrected chi connectivity index (χ2v) is 2.85. The van der Waals surface area contributed by atoms with Crippen molar-refractivity contribution >= 4 is 6.08 Å². The molecule has 2 nitrogen and oxygen atoms in total. The molecule has 5 heteroatoms. The molecule has 0 spiro atoms. The molecule has 0 saturated carbocycles. The molecule has 0 saturated heterocycles. The first kappa shape index (κ1) is 11.6. The van der Waals surface area contributed by atoms with E-state index < -0.39 is 17.5 Å². The number of alkyl halides is 3. The van der Waals surface area contributed by atoms with Crippen LogP contribution in [0.15, 0.2) is 24.3 Å². The van der Waals surface area contributed by atoms with Crippen molar-refractivity contribution in [3.05, 3.63) is 35.4 Å². The summed E-state index contributed by atoms with van der Waals surface area (Å²) in [6.45, 7) is -0.335. The molecule has 2 N–H and O–H groups in total. The van der Waals surface area contributed by atoms with E-state index in [0.29, 0.717) is 6.07 Å². The summed E-state index contributed by atoms with van der Waals surface area (Å²) in [4.78, 5) is 0. The largest absolute Gasteiger partial charge is 0.508 e. The summed E-state index contributed by atoms with van der Waals surface area (Å²) in [5.74, 6) is -0.441. The molecule has 0 aliphatic heterocycles. The number of halogens is 3. The van der Waals surface area contributed by atoms with Gasteiger partial charge in [-0.3, -0.25) is 0 Å². The van der Waals surface area contributed by atoms with Crippen LogP contribution < -0.4 is 0 Å². The molecule has 0 aliphatic carbocycles. The second-order valence-electron chi connectivity index (χ2n) is 2.85. The third-order valence-electron chi connectivity index (χ3n) is 1.75. The van der Waals surface area contributed by atoms with Gasteiger partial charge in [-0.2, -0.15) is 13.2 Å². The van der Waals surface area contributed by atoms with Crippen molar-refractivity contribution in [1.29, 1.82) is 0 Å². The number of aliphatic hydroxyl groups is 1. The zero-order valence-corrected chi connectivity index (χ0v) is 7.62. The number of phenolic OH excluding ortho intramolecular Hbond substituents is 1. The van der Waals surface area contributed by atoms with Gasteiger partial charge >= 0.3 is 6.18 Å². The molecule has 82 valence electrons. The molecular weight excluding hydrogens is 209 g/mol. The monoisotopic (exact) mass is 218 g/mol. The molecule has 1 rings (SSSR count). The molecule has 0 radical (unpaired) electrons. The maximum Gasteiger partial charge on any atom is 0.417 e. The Morgan fingerprint density at radius 2 is 1.93 bits per heavy atom. The van der Waals surface area contributed by atoms with Crippen molar-refractivity contribution in [1.82, 2.24) is 0 Å². The Kier molecular flexibility index (Phi) is 3.36. The van der Waals surface area contributed by atoms with Crippen molar-refractivity contribution in [3.63, 3.8) is 0 Å². The number of benzene rings is 1. The molecule has 0 unspecified atom stereocenters. The molecular formula is C10H9F3O2. The summed E-state index contributed by atoms with van der Waals surface area (Å²) < 4.78 is 37.3. The quantitative estimate of drug-likeness (QED) is 0.800. The lowest BCUT2D eigenvalue weighted by atomic mass is 10.1. The summed E-state index contributed by atoms with van der Waals surface area (Å²) in [5, 5.41) is 17.4. The minimum absolute atomic E-state index is 0.0886. The van der Waals surface area contributed by atoms with Crippen LogP contribution in [-0.4, -0.2) is 16.8 Å². The molecule has 0 aromatic heterocycles. The maximum absolute atomic E-state index is 12.4. The highest BCUT2D eigenvalue weighted by atomic mass is 19.4. The smallest absolute Gasteiger partial charge is 0.417 e. The Hall–Kier alpha value is -1.49. The fourth-order valence-corrected chi connectivity index (χ4v) is 1.11. The first-order chi connectivity index (χ1) is 6.95. The minimum Gasteiger partial charge on any atom is -0.508 e. The predicted octanol–water partition coefficient (Wildman–Crippen LogP) is 2.42. The number of phenols is 1. The zero-order chi connectivity index (χ0) is 11.5. The fourth-order valence-electron chi connectivity index (χ4n) is 1.11. The number of aromatic hydroxyl groups is 1. The van der Waals surface area contributed by atoms with E-state index in [-0.39, 0.29) is 12.2 Å². The zero-order valence-electron chi connectivity index (χ0n) is 7.62. The topological polar surface area (TPSA) is 40.5 Å². The highest BCUT2D eigenvalue weighted by Gasteiger charge is 2.32. The lowest BCUT2D eigenvalue weighted by Crippen LogP contribution is -2.07. The van der Waals surface area contributed by atoms with E-state index >= 15 is 0 Å². The van der Waals surface area contributed by atoms with Crippen molar-refractivity contribution in [3.8, 4) is 5.75 Å². The second kappa shape index (κ2) is 4.35. The molecule has 1 aromatic rings. The fraction of sp³-hybridized carbons (Fsp3) is 0.200. The average molecular weight is 218 g/mol. The Labute approximate surface area is 84.3 Å². The van der Waals surface area contributed by atoms with Crippen molar-refractivity contribution in [2.75, 3.05) is 6.61 Å². The maximum atomic E-state index is 12.4. The Morgan fingerprint density at radius 3 is 2.47 bits per heavy atom. The first-order valence-electron chi connectivity index (χ1n) is 4.13. The van der Waals surface area contributed by atoms with Gasteiger partial charge in [0.25, 0.3) is 0 Å². The van der Waals surface area contributed by atoms with E-state index in [2.05, 4.69) is 0 Å². The molecule has 0 fully saturated rings. The highest BCUT2D eigenvalue weighted by molar-refractivity contribution is 5.56. The molecule has 15 heavy (non-hydrogen) atoms. The summed E-state index contributed by atoms with van der Waals surface area (Å²) >= 11 is 0. The SMILES string of the molecule is OCC=Cc1ccc(O)cc1C(F)(F)F. The Morgan fingerprint density at radius 1 is 1.27 bits per heavy atom. The predicted molar refractivity (Wildman–Crippen MR) is 49.2 cm³/mol. The lowest BCUT2D eigenvalue weighted by Gasteiger charge is -2.10. The van der Waals surface area contributed by atoms with Crippen LogP contribution in [-0.2, 0) is 6.18 Å². The molecule has 0 heterocycles. The van der Waals surface area contributed by atoms with Crippen molar-refractivity contribution < 1.29 is 23.4 Å². The van der Waals surface area contributed by atoms with Crippen LogP contribution in [0.5, 0.6) is 5.75 Å². The van der Waals surface area contributed by atoms with Crippen molar-refractivity contribution in [2.45, 2.75) is 6.18 Å². The highest BCUT2D eigenvalue weighted by Crippen LogP contribution is 2.34. The van der Waals surface area contributed by atoms with Gasteiger partial charge in [-0.15, -0.1) is 0 Å². The number of aliphatic hydroxyl groups excluding tert-OH is 1. The van der Waals surface area contributed by atoms with Gasteiger partial charge in [-0.05, 0) is 17.7 Å². The number of hydrogen-bond acceptors (Lipinski definition) is 2. The van der Waals surface area contributed by atoms with Crippen LogP contribution in [0.4, 0.5) is 13.2 Å². The van der Waals surface area contributed by atoms with E-state index in [1.54, 1.807) is 0 Å². The van der Waals surface area contributed by atoms with Crippen LogP contribution in [0.1, 0.15) is 11.1 Å². The van der Waals surface area contributed by atoms with Gasteiger partial charge in [0.05, 0.1) is 12.2 Å². The molecule has 0 amide bonds. The summed E-state index contributed by atoms with van der Waals surface area (Å²) in [7, 11) is 0. The van der Waals surface area contributed by atoms with Gasteiger partial charge in [0.2, 0.25) is 0 Å². The summed E-state index contributed by atoms with van der Waals surface area (Å²) in [6.07, 6.45) is -2.17. The van der Waals surface area contributed by atoms with Gasteiger partial charge < -0.3 is 10.2 Å². The van der Waals surface area contributed by atoms with Gasteiger partial charge in [0, 0.05) is 0 Å². The summed E-state index contributed by atoms with van der Waals surface area (Å²) in [6, 6.07) is 2.95. The van der Waals surface area contributed by atoms with E-state index in [1.807, 2.05) is 0 Å². The third-order valence-corrected chi connectivity index (χ3v) is 1.75. The third kappa shape index (κ3) is 2.99. The van der Waals surface area contributed by atoms with Crippen LogP contribution in [0.2, 0.25) is 0 Å². The Bertz CT molecular complexity index is 369. The van der Waals surface area contributed by atoms with Crippen LogP contribution in [0.25, 0.3) is 6.08 Å². The number of hydrogen-bond donors (Lipinski definition) is 2. The molecule has 0 bridgehead atoms. The van der Waals surface area contributed by atoms with Crippen LogP contribution in [0.3, 0.4) is 0 Å². The minimum atomic E-state index is -4.52. The van der Waals surface area contributed by atoms with E-state index in [9.17, 15) is 13.2 Å². The molecule has 0 atom stereocenters. The lowest BCUT2D eigenvalue weighted by molar-refractivity contribution is -0.137. The van der Waals surface area contributed by atoms with E-state index in [0.717, 1.165) is 18.2 Å². The summed E-state index contributed by atoms with van der Waals surface area (Å²) in [5.41, 5.74) is -1.01. The number of rotatable bonds is 2. The van der Waals surface area contributed by atoms with E-state index in [4.69, 9.17) is 10.2 Å². The molecule has 1 aromatic carbocycles. The van der Waals surface area contributed by atoms with Gasteiger partial charge in [-0.25, -0.2) is 0 Å². The standard InChI is InChI=1S/C10H9F3O2/c11-10(12,13)9-6-8(15)4-3-7(9)2-1-5-14/h1-4,6,14-15H,5H2. The van der Waals surface area contributed by atoms with Crippen molar-refractivity contribution in [2.24, 2.45) is 0 Å². The molecule has 0 aliphatic rings. The van der Waals surface area contributed by atoms with Gasteiger partial charge in [0.15, 0.2) is 0 Å². The Balaban J connectivity index is 3.21. The first-order valence-corrected chi connectivity index (χ1v) is 4.13. The average Bonchev–Trinajstić information content (AvgIpc) is 2.14. The van der Waals surface area contributed by atoms with Gasteiger partial charge in [0.1, 0.15) is 5.75 Å². The van der Waals surface area contributed by atoms with Crippen LogP contribution >= 0.6 is 0 Å². The normalized spacial score (nSPS) is 12.3. The van der Waals surface area contributed by atoms with Gasteiger partial charge in [-0.1, -0.05) is 18.2 Å².